The van der Waals surface area contributed by atoms with Crippen molar-refractivity contribution in [3.05, 3.63) is 96.3 Å². The molecule has 4 atom stereocenters. The molecule has 0 amide bonds. The number of aryl methyl sites for hydroxylation is 1. The van der Waals surface area contributed by atoms with Crippen LogP contribution in [0.4, 0.5) is 0 Å². The molecule has 1 aliphatic heterocycles. The minimum atomic E-state index is -3.59. The van der Waals surface area contributed by atoms with Crippen LogP contribution in [0.2, 0.25) is 0 Å². The highest BCUT2D eigenvalue weighted by Crippen LogP contribution is 2.43. The molecule has 0 bridgehead atoms. The number of nitrogens with one attached hydrogen (secondary N) is 1. The minimum absolute atomic E-state index is 0.309. The maximum absolute atomic E-state index is 13.1. The Morgan fingerprint density at radius 2 is 1.62 bits per heavy atom. The van der Waals surface area contributed by atoms with Crippen molar-refractivity contribution >= 4 is 21.1 Å². The van der Waals surface area contributed by atoms with Gasteiger partial charge in [0, 0.05) is 30.6 Å². The number of fused-ring (bicyclic) bond motifs is 2. The molecular formula is C33H40N4O2S. The van der Waals surface area contributed by atoms with Gasteiger partial charge >= 0.3 is 0 Å². The summed E-state index contributed by atoms with van der Waals surface area (Å²) in [5, 5.41) is 0. The van der Waals surface area contributed by atoms with Crippen LogP contribution in [0.15, 0.2) is 89.8 Å². The molecule has 40 heavy (non-hydrogen) atoms. The second-order valence-corrected chi connectivity index (χ2v) is 13.7. The number of sulfonamides is 1. The molecule has 0 radical (unpaired) electrons. The first-order chi connectivity index (χ1) is 19.3. The summed E-state index contributed by atoms with van der Waals surface area (Å²) in [7, 11) is -3.59. The number of hydrogen-bond donors (Lipinski definition) is 1. The van der Waals surface area contributed by atoms with Gasteiger partial charge in [-0.15, -0.1) is 0 Å². The fourth-order valence-electron chi connectivity index (χ4n) is 6.90. The molecular weight excluding hydrogens is 516 g/mol. The molecule has 2 unspecified atom stereocenters. The number of benzene rings is 3. The van der Waals surface area contributed by atoms with Crippen LogP contribution in [0, 0.1) is 12.8 Å². The van der Waals surface area contributed by atoms with E-state index in [2.05, 4.69) is 76.6 Å². The van der Waals surface area contributed by atoms with Crippen LogP contribution in [-0.2, 0) is 15.4 Å². The van der Waals surface area contributed by atoms with Crippen molar-refractivity contribution < 1.29 is 8.42 Å². The summed E-state index contributed by atoms with van der Waals surface area (Å²) in [6.45, 7) is 6.71. The van der Waals surface area contributed by atoms with E-state index in [0.29, 0.717) is 29.4 Å². The van der Waals surface area contributed by atoms with Gasteiger partial charge in [0.25, 0.3) is 0 Å². The van der Waals surface area contributed by atoms with E-state index in [9.17, 15) is 8.42 Å². The highest BCUT2D eigenvalue weighted by atomic mass is 32.2. The molecule has 1 aliphatic carbocycles. The van der Waals surface area contributed by atoms with Crippen molar-refractivity contribution in [2.45, 2.75) is 68.3 Å². The predicted molar refractivity (Wildman–Crippen MR) is 161 cm³/mol. The molecule has 210 valence electrons. The molecule has 6 nitrogen and oxygen atoms in total. The van der Waals surface area contributed by atoms with Gasteiger partial charge < -0.3 is 4.57 Å². The van der Waals surface area contributed by atoms with Crippen LogP contribution < -0.4 is 4.72 Å². The lowest BCUT2D eigenvalue weighted by Crippen LogP contribution is -2.48. The smallest absolute Gasteiger partial charge is 0.240 e. The molecule has 6 rings (SSSR count). The second-order valence-electron chi connectivity index (χ2n) is 12.0. The van der Waals surface area contributed by atoms with E-state index in [4.69, 9.17) is 4.98 Å². The average molecular weight is 557 g/mol. The molecule has 1 saturated heterocycles. The fourth-order valence-corrected chi connectivity index (χ4v) is 8.09. The average Bonchev–Trinajstić information content (AvgIpc) is 3.24. The largest absolute Gasteiger partial charge is 0.325 e. The first-order valence-electron chi connectivity index (χ1n) is 14.6. The third-order valence-corrected chi connectivity index (χ3v) is 10.9. The lowest BCUT2D eigenvalue weighted by Gasteiger charge is -2.44. The van der Waals surface area contributed by atoms with Gasteiger partial charge in [0.1, 0.15) is 5.82 Å². The zero-order valence-electron chi connectivity index (χ0n) is 23.5. The van der Waals surface area contributed by atoms with Crippen molar-refractivity contribution in [3.63, 3.8) is 0 Å². The lowest BCUT2D eigenvalue weighted by molar-refractivity contribution is 0.0665. The summed E-state index contributed by atoms with van der Waals surface area (Å²) in [5.74, 6) is 1.81. The fraction of sp³-hybridized carbons (Fsp3) is 0.424. The molecule has 1 aromatic heterocycles. The first kappa shape index (κ1) is 27.2. The Morgan fingerprint density at radius 1 is 0.925 bits per heavy atom. The van der Waals surface area contributed by atoms with Gasteiger partial charge in [0.15, 0.2) is 0 Å². The van der Waals surface area contributed by atoms with Gasteiger partial charge in [0.2, 0.25) is 10.0 Å². The second kappa shape index (κ2) is 11.1. The Kier molecular flexibility index (Phi) is 7.55. The normalized spacial score (nSPS) is 23.2. The Morgan fingerprint density at radius 3 is 2.35 bits per heavy atom. The predicted octanol–water partition coefficient (Wildman–Crippen LogP) is 6.09. The number of imidazole rings is 1. The van der Waals surface area contributed by atoms with Crippen LogP contribution >= 0.6 is 0 Å². The van der Waals surface area contributed by atoms with Gasteiger partial charge in [-0.2, -0.15) is 0 Å². The van der Waals surface area contributed by atoms with Crippen molar-refractivity contribution in [3.8, 4) is 0 Å². The summed E-state index contributed by atoms with van der Waals surface area (Å²) in [4.78, 5) is 7.87. The van der Waals surface area contributed by atoms with Crippen LogP contribution in [0.1, 0.15) is 56.5 Å². The van der Waals surface area contributed by atoms with E-state index in [-0.39, 0.29) is 5.41 Å². The van der Waals surface area contributed by atoms with Crippen molar-refractivity contribution in [1.29, 1.82) is 0 Å². The zero-order chi connectivity index (χ0) is 27.7. The zero-order valence-corrected chi connectivity index (χ0v) is 24.4. The van der Waals surface area contributed by atoms with E-state index in [1.807, 2.05) is 12.1 Å². The monoisotopic (exact) mass is 556 g/mol. The number of aromatic nitrogens is 2. The summed E-state index contributed by atoms with van der Waals surface area (Å²) in [5.41, 5.74) is 3.18. The summed E-state index contributed by atoms with van der Waals surface area (Å²) < 4.78 is 31.6. The molecule has 2 heterocycles. The highest BCUT2D eigenvalue weighted by Gasteiger charge is 2.41. The number of nitrogens with zero attached hydrogens (tertiary/aromatic N) is 3. The van der Waals surface area contributed by atoms with Gasteiger partial charge in [-0.25, -0.2) is 18.1 Å². The highest BCUT2D eigenvalue weighted by molar-refractivity contribution is 7.89. The Bertz CT molecular complexity index is 1550. The third kappa shape index (κ3) is 5.35. The SMILES string of the molecule is Cc1nc2ccccc2n1[C@H]1CCN(CCC(C)(CNS(=O)(=O)c2ccccc2)c2ccccc2)C2CC[C@H]2C1. The number of para-hydroxylation sites is 2. The van der Waals surface area contributed by atoms with Crippen LogP contribution in [0.3, 0.4) is 0 Å². The standard InChI is InChI=1S/C33H40N4O2S/c1-25-35-30-15-9-10-16-32(30)37(25)28-19-21-36(31-18-17-26(31)23-28)22-20-33(2,27-11-5-3-6-12-27)24-34-40(38,39)29-13-7-4-8-14-29/h3-16,26,28,31,34H,17-24H2,1-2H3/t26-,28-,31?,33?/m0/s1. The summed E-state index contributed by atoms with van der Waals surface area (Å²) in [6.07, 6.45) is 5.74. The van der Waals surface area contributed by atoms with Crippen LogP contribution in [0.5, 0.6) is 0 Å². The third-order valence-electron chi connectivity index (χ3n) is 9.44. The van der Waals surface area contributed by atoms with Gasteiger partial charge in [-0.1, -0.05) is 67.6 Å². The quantitative estimate of drug-likeness (QED) is 0.271. The topological polar surface area (TPSA) is 67.2 Å². The van der Waals surface area contributed by atoms with Crippen LogP contribution in [-0.4, -0.2) is 48.5 Å². The number of hydrogen-bond acceptors (Lipinski definition) is 4. The van der Waals surface area contributed by atoms with E-state index in [1.165, 1.54) is 30.3 Å². The molecule has 2 aliphatic rings. The van der Waals surface area contributed by atoms with E-state index in [0.717, 1.165) is 37.3 Å². The molecule has 7 heteroatoms. The molecule has 1 saturated carbocycles. The maximum atomic E-state index is 13.1. The van der Waals surface area contributed by atoms with Crippen molar-refractivity contribution in [2.24, 2.45) is 5.92 Å². The molecule has 3 aromatic carbocycles. The number of rotatable bonds is 9. The molecule has 1 N–H and O–H groups in total. The summed E-state index contributed by atoms with van der Waals surface area (Å²) >= 11 is 0. The maximum Gasteiger partial charge on any atom is 0.240 e. The Hall–Kier alpha value is -3.00. The van der Waals surface area contributed by atoms with E-state index < -0.39 is 10.0 Å². The van der Waals surface area contributed by atoms with Gasteiger partial charge in [-0.3, -0.25) is 4.90 Å². The molecule has 0 spiro atoms. The van der Waals surface area contributed by atoms with Gasteiger partial charge in [-0.05, 0) is 81.3 Å². The lowest BCUT2D eigenvalue weighted by atomic mass is 9.75. The molecule has 2 fully saturated rings. The van der Waals surface area contributed by atoms with E-state index >= 15 is 0 Å². The number of likely N-dealkylation sites (tertiary alicyclic amines) is 1. The minimum Gasteiger partial charge on any atom is -0.325 e. The Labute approximate surface area is 238 Å². The Balaban J connectivity index is 1.19. The van der Waals surface area contributed by atoms with Crippen molar-refractivity contribution in [1.82, 2.24) is 19.2 Å². The van der Waals surface area contributed by atoms with Gasteiger partial charge in [0.05, 0.1) is 15.9 Å². The van der Waals surface area contributed by atoms with Crippen LogP contribution in [0.25, 0.3) is 11.0 Å². The van der Waals surface area contributed by atoms with Crippen molar-refractivity contribution in [2.75, 3.05) is 19.6 Å². The first-order valence-corrected chi connectivity index (χ1v) is 16.1. The van der Waals surface area contributed by atoms with E-state index in [1.54, 1.807) is 24.3 Å². The molecule has 4 aromatic rings. The summed E-state index contributed by atoms with van der Waals surface area (Å²) in [6, 6.07) is 28.6.